The molecule has 0 spiro atoms. The highest BCUT2D eigenvalue weighted by Gasteiger charge is 2.23. The molecule has 0 bridgehead atoms. The van der Waals surface area contributed by atoms with Crippen molar-refractivity contribution in [3.05, 3.63) is 52.8 Å². The lowest BCUT2D eigenvalue weighted by molar-refractivity contribution is 0.0690. The van der Waals surface area contributed by atoms with Gasteiger partial charge in [0.2, 0.25) is 0 Å². The van der Waals surface area contributed by atoms with Gasteiger partial charge in [0.1, 0.15) is 0 Å². The minimum atomic E-state index is -1.10. The van der Waals surface area contributed by atoms with Crippen molar-refractivity contribution in [2.45, 2.75) is 25.3 Å². The van der Waals surface area contributed by atoms with E-state index in [2.05, 4.69) is 15.5 Å². The number of carboxylic acid groups (broad SMARTS) is 1. The first-order chi connectivity index (χ1) is 10.1. The summed E-state index contributed by atoms with van der Waals surface area (Å²) in [5, 5.41) is 19.0. The average Bonchev–Trinajstić information content (AvgIpc) is 2.94. The predicted molar refractivity (Wildman–Crippen MR) is 75.3 cm³/mol. The van der Waals surface area contributed by atoms with Crippen LogP contribution in [0.2, 0.25) is 0 Å². The third kappa shape index (κ3) is 2.65. The number of benzene rings is 1. The molecule has 21 heavy (non-hydrogen) atoms. The number of H-pyrrole nitrogens is 1. The minimum Gasteiger partial charge on any atom is -0.478 e. The van der Waals surface area contributed by atoms with Crippen LogP contribution >= 0.6 is 0 Å². The van der Waals surface area contributed by atoms with Gasteiger partial charge >= 0.3 is 5.97 Å². The van der Waals surface area contributed by atoms with Crippen LogP contribution in [-0.4, -0.2) is 33.2 Å². The maximum absolute atomic E-state index is 12.3. The van der Waals surface area contributed by atoms with Gasteiger partial charge in [-0.15, -0.1) is 0 Å². The molecule has 1 aliphatic carbocycles. The molecule has 0 saturated carbocycles. The van der Waals surface area contributed by atoms with Crippen LogP contribution < -0.4 is 5.32 Å². The summed E-state index contributed by atoms with van der Waals surface area (Å²) in [7, 11) is 0. The highest BCUT2D eigenvalue weighted by molar-refractivity contribution is 6.04. The molecule has 0 aliphatic heterocycles. The second-order valence-electron chi connectivity index (χ2n) is 5.14. The van der Waals surface area contributed by atoms with Crippen LogP contribution in [0.5, 0.6) is 0 Å². The first kappa shape index (κ1) is 13.4. The zero-order chi connectivity index (χ0) is 14.8. The number of nitrogens with zero attached hydrogens (tertiary/aromatic N) is 1. The number of rotatable bonds is 3. The number of aryl methyl sites for hydroxylation is 1. The quantitative estimate of drug-likeness (QED) is 0.794. The number of carboxylic acids is 1. The van der Waals surface area contributed by atoms with Gasteiger partial charge in [-0.25, -0.2) is 4.79 Å². The molecular weight excluding hydrogens is 270 g/mol. The lowest BCUT2D eigenvalue weighted by atomic mass is 9.93. The number of hydrogen-bond acceptors (Lipinski definition) is 3. The van der Waals surface area contributed by atoms with Gasteiger partial charge in [0.25, 0.3) is 5.91 Å². The molecule has 3 N–H and O–H groups in total. The first-order valence-electron chi connectivity index (χ1n) is 6.79. The molecule has 6 nitrogen and oxygen atoms in total. The predicted octanol–water partition coefficient (Wildman–Crippen LogP) is 1.40. The Bertz CT molecular complexity index is 693. The second kappa shape index (κ2) is 5.40. The average molecular weight is 285 g/mol. The summed E-state index contributed by atoms with van der Waals surface area (Å²) in [4.78, 5) is 23.4. The summed E-state index contributed by atoms with van der Waals surface area (Å²) in [5.41, 5.74) is 2.44. The van der Waals surface area contributed by atoms with Crippen molar-refractivity contribution in [2.24, 2.45) is 0 Å². The van der Waals surface area contributed by atoms with E-state index in [0.717, 1.165) is 18.5 Å². The first-order valence-corrected chi connectivity index (χ1v) is 6.79. The summed E-state index contributed by atoms with van der Waals surface area (Å²) in [6, 6.07) is 6.23. The molecule has 2 aromatic rings. The highest BCUT2D eigenvalue weighted by Crippen LogP contribution is 2.19. The zero-order valence-corrected chi connectivity index (χ0v) is 11.3. The normalized spacial score (nSPS) is 17.0. The Labute approximate surface area is 121 Å². The molecule has 1 aliphatic rings. The van der Waals surface area contributed by atoms with E-state index in [0.29, 0.717) is 6.42 Å². The summed E-state index contributed by atoms with van der Waals surface area (Å²) < 4.78 is 0. The molecule has 1 atom stereocenters. The van der Waals surface area contributed by atoms with Crippen molar-refractivity contribution in [2.75, 3.05) is 0 Å². The van der Waals surface area contributed by atoms with Crippen LogP contribution in [0, 0.1) is 0 Å². The van der Waals surface area contributed by atoms with Crippen LogP contribution in [0.3, 0.4) is 0 Å². The van der Waals surface area contributed by atoms with Gasteiger partial charge in [0.15, 0.2) is 0 Å². The summed E-state index contributed by atoms with van der Waals surface area (Å²) >= 11 is 0. The van der Waals surface area contributed by atoms with Crippen LogP contribution in [0.1, 0.15) is 38.4 Å². The highest BCUT2D eigenvalue weighted by atomic mass is 16.4. The van der Waals surface area contributed by atoms with E-state index in [1.54, 1.807) is 12.1 Å². The maximum Gasteiger partial charge on any atom is 0.336 e. The molecule has 0 saturated heterocycles. The topological polar surface area (TPSA) is 95.1 Å². The Balaban J connectivity index is 1.75. The number of carbonyl (C=O) groups excluding carboxylic acids is 1. The molecule has 1 aromatic carbocycles. The van der Waals surface area contributed by atoms with Gasteiger partial charge in [-0.3, -0.25) is 9.89 Å². The van der Waals surface area contributed by atoms with Crippen molar-refractivity contribution in [3.8, 4) is 0 Å². The van der Waals surface area contributed by atoms with E-state index in [9.17, 15) is 9.59 Å². The van der Waals surface area contributed by atoms with E-state index in [1.165, 1.54) is 17.7 Å². The smallest absolute Gasteiger partial charge is 0.336 e. The van der Waals surface area contributed by atoms with E-state index in [-0.39, 0.29) is 23.1 Å². The summed E-state index contributed by atoms with van der Waals surface area (Å²) in [6.07, 6.45) is 4.19. The van der Waals surface area contributed by atoms with E-state index in [4.69, 9.17) is 5.11 Å². The lowest BCUT2D eigenvalue weighted by Crippen LogP contribution is -2.39. The van der Waals surface area contributed by atoms with Gasteiger partial charge in [-0.2, -0.15) is 5.10 Å². The molecule has 108 valence electrons. The van der Waals surface area contributed by atoms with Crippen LogP contribution in [-0.2, 0) is 12.8 Å². The minimum absolute atomic E-state index is 0.00713. The Morgan fingerprint density at radius 2 is 2.05 bits per heavy atom. The SMILES string of the molecule is O=C(O)c1ccccc1C(=O)N[C@@H]1CCc2cn[nH]c2C1. The Kier molecular flexibility index (Phi) is 3.43. The van der Waals surface area contributed by atoms with Gasteiger partial charge in [-0.05, 0) is 30.5 Å². The molecule has 3 rings (SSSR count). The fourth-order valence-electron chi connectivity index (χ4n) is 2.66. The van der Waals surface area contributed by atoms with E-state index in [1.807, 2.05) is 6.20 Å². The molecule has 1 heterocycles. The largest absolute Gasteiger partial charge is 0.478 e. The molecule has 0 radical (unpaired) electrons. The van der Waals surface area contributed by atoms with Gasteiger partial charge in [-0.1, -0.05) is 12.1 Å². The third-order valence-corrected chi connectivity index (χ3v) is 3.76. The Hall–Kier alpha value is -2.63. The van der Waals surface area contributed by atoms with Crippen molar-refractivity contribution < 1.29 is 14.7 Å². The standard InChI is InChI=1S/C15H15N3O3/c19-14(11-3-1-2-4-12(11)15(20)21)17-10-6-5-9-8-16-18-13(9)7-10/h1-4,8,10H,5-7H2,(H,16,18)(H,17,19)(H,20,21)/t10-/m1/s1. The number of aromatic nitrogens is 2. The fraction of sp³-hybridized carbons (Fsp3) is 0.267. The zero-order valence-electron chi connectivity index (χ0n) is 11.3. The number of aromatic amines is 1. The molecule has 0 unspecified atom stereocenters. The number of carbonyl (C=O) groups is 2. The van der Waals surface area contributed by atoms with Gasteiger partial charge in [0, 0.05) is 18.2 Å². The van der Waals surface area contributed by atoms with Crippen LogP contribution in [0.25, 0.3) is 0 Å². The van der Waals surface area contributed by atoms with Crippen LogP contribution in [0.15, 0.2) is 30.5 Å². The van der Waals surface area contributed by atoms with E-state index >= 15 is 0 Å². The fourth-order valence-corrected chi connectivity index (χ4v) is 2.66. The molecule has 1 amide bonds. The summed E-state index contributed by atoms with van der Waals surface area (Å²) in [6.45, 7) is 0. The number of aromatic carboxylic acids is 1. The molecule has 0 fully saturated rings. The maximum atomic E-state index is 12.3. The van der Waals surface area contributed by atoms with Crippen molar-refractivity contribution in [1.29, 1.82) is 0 Å². The van der Waals surface area contributed by atoms with Gasteiger partial charge < -0.3 is 10.4 Å². The van der Waals surface area contributed by atoms with E-state index < -0.39 is 5.97 Å². The number of fused-ring (bicyclic) bond motifs is 1. The summed E-state index contributed by atoms with van der Waals surface area (Å²) in [5.74, 6) is -1.44. The monoisotopic (exact) mass is 285 g/mol. The van der Waals surface area contributed by atoms with Gasteiger partial charge in [0.05, 0.1) is 17.3 Å². The van der Waals surface area contributed by atoms with Crippen molar-refractivity contribution in [1.82, 2.24) is 15.5 Å². The third-order valence-electron chi connectivity index (χ3n) is 3.76. The Morgan fingerprint density at radius 1 is 1.29 bits per heavy atom. The lowest BCUT2D eigenvalue weighted by Gasteiger charge is -2.23. The number of nitrogens with one attached hydrogen (secondary N) is 2. The molecule has 6 heteroatoms. The number of amides is 1. The van der Waals surface area contributed by atoms with Crippen molar-refractivity contribution >= 4 is 11.9 Å². The second-order valence-corrected chi connectivity index (χ2v) is 5.14. The molecular formula is C15H15N3O3. The molecule has 1 aromatic heterocycles. The Morgan fingerprint density at radius 3 is 2.81 bits per heavy atom. The van der Waals surface area contributed by atoms with Crippen molar-refractivity contribution in [3.63, 3.8) is 0 Å². The van der Waals surface area contributed by atoms with Crippen LogP contribution in [0.4, 0.5) is 0 Å². The number of hydrogen-bond donors (Lipinski definition) is 3.